The predicted octanol–water partition coefficient (Wildman–Crippen LogP) is 0.110. The van der Waals surface area contributed by atoms with Crippen LogP contribution < -0.4 is 11.3 Å². The van der Waals surface area contributed by atoms with Crippen LogP contribution in [0.15, 0.2) is 0 Å². The number of nitrogens with one attached hydrogen (secondary N) is 1. The first-order valence-corrected chi connectivity index (χ1v) is 5.85. The molecule has 0 aliphatic carbocycles. The number of carbonyl (C=O) groups is 1. The third kappa shape index (κ3) is 3.17. The molecular weight excluding hydrogens is 206 g/mol. The number of rotatable bonds is 3. The molecule has 1 saturated heterocycles. The van der Waals surface area contributed by atoms with Gasteiger partial charge in [0.25, 0.3) is 5.91 Å². The van der Waals surface area contributed by atoms with E-state index in [0.717, 1.165) is 13.1 Å². The van der Waals surface area contributed by atoms with E-state index in [9.17, 15) is 4.79 Å². The van der Waals surface area contributed by atoms with E-state index < -0.39 is 0 Å². The van der Waals surface area contributed by atoms with Gasteiger partial charge in [0.2, 0.25) is 0 Å². The zero-order valence-corrected chi connectivity index (χ0v) is 10.6. The lowest BCUT2D eigenvalue weighted by Gasteiger charge is -2.40. The smallest absolute Gasteiger partial charge is 0.251 e. The lowest BCUT2D eigenvalue weighted by Crippen LogP contribution is -2.57. The maximum atomic E-state index is 11.7. The Kier molecular flexibility index (Phi) is 4.70. The lowest BCUT2D eigenvalue weighted by molar-refractivity contribution is -0.135. The lowest BCUT2D eigenvalue weighted by atomic mass is 10.00. The molecule has 1 aliphatic rings. The van der Waals surface area contributed by atoms with Gasteiger partial charge in [-0.1, -0.05) is 13.8 Å². The Morgan fingerprint density at radius 2 is 1.88 bits per heavy atom. The summed E-state index contributed by atoms with van der Waals surface area (Å²) >= 11 is 0. The van der Waals surface area contributed by atoms with Gasteiger partial charge in [-0.15, -0.1) is 0 Å². The number of amides is 1. The molecular formula is C11H23N3O2. The first-order valence-electron chi connectivity index (χ1n) is 5.85. The normalized spacial score (nSPS) is 29.1. The van der Waals surface area contributed by atoms with Crippen LogP contribution in [0.2, 0.25) is 0 Å². The monoisotopic (exact) mass is 229 g/mol. The first-order chi connectivity index (χ1) is 7.45. The molecule has 0 aromatic carbocycles. The van der Waals surface area contributed by atoms with Gasteiger partial charge >= 0.3 is 0 Å². The maximum absolute atomic E-state index is 11.7. The Morgan fingerprint density at radius 3 is 2.25 bits per heavy atom. The molecule has 94 valence electrons. The molecule has 5 heteroatoms. The molecule has 3 N–H and O–H groups in total. The molecule has 1 fully saturated rings. The van der Waals surface area contributed by atoms with Crippen molar-refractivity contribution < 1.29 is 9.53 Å². The molecule has 1 amide bonds. The van der Waals surface area contributed by atoms with Gasteiger partial charge in [-0.05, 0) is 19.8 Å². The second kappa shape index (κ2) is 5.61. The molecule has 0 spiro atoms. The zero-order valence-electron chi connectivity index (χ0n) is 10.6. The highest BCUT2D eigenvalue weighted by molar-refractivity contribution is 5.81. The van der Waals surface area contributed by atoms with E-state index in [1.165, 1.54) is 0 Å². The van der Waals surface area contributed by atoms with Crippen molar-refractivity contribution in [1.82, 2.24) is 10.3 Å². The predicted molar refractivity (Wildman–Crippen MR) is 62.5 cm³/mol. The van der Waals surface area contributed by atoms with Crippen LogP contribution in [0, 0.1) is 5.92 Å². The topological polar surface area (TPSA) is 67.6 Å². The largest absolute Gasteiger partial charge is 0.373 e. The van der Waals surface area contributed by atoms with Gasteiger partial charge in [0, 0.05) is 13.1 Å². The van der Waals surface area contributed by atoms with Crippen LogP contribution in [0.3, 0.4) is 0 Å². The molecule has 5 nitrogen and oxygen atoms in total. The van der Waals surface area contributed by atoms with Crippen molar-refractivity contribution in [3.8, 4) is 0 Å². The number of hydrogen-bond donors (Lipinski definition) is 2. The third-order valence-corrected chi connectivity index (χ3v) is 2.88. The van der Waals surface area contributed by atoms with Gasteiger partial charge in [-0.2, -0.15) is 0 Å². The van der Waals surface area contributed by atoms with Crippen molar-refractivity contribution >= 4 is 5.91 Å². The minimum Gasteiger partial charge on any atom is -0.373 e. The van der Waals surface area contributed by atoms with Gasteiger partial charge in [0.1, 0.15) is 0 Å². The van der Waals surface area contributed by atoms with Crippen LogP contribution >= 0.6 is 0 Å². The summed E-state index contributed by atoms with van der Waals surface area (Å²) in [7, 11) is 0. The van der Waals surface area contributed by atoms with Crippen molar-refractivity contribution in [2.24, 2.45) is 11.8 Å². The highest BCUT2D eigenvalue weighted by Crippen LogP contribution is 2.18. The summed E-state index contributed by atoms with van der Waals surface area (Å²) in [5, 5.41) is 0. The summed E-state index contributed by atoms with van der Waals surface area (Å²) in [5.41, 5.74) is 2.25. The fourth-order valence-electron chi connectivity index (χ4n) is 2.42. The fourth-order valence-corrected chi connectivity index (χ4v) is 2.42. The number of nitrogens with zero attached hydrogens (tertiary/aromatic N) is 1. The number of ether oxygens (including phenoxy) is 1. The molecule has 0 bridgehead atoms. The van der Waals surface area contributed by atoms with Crippen molar-refractivity contribution in [3.63, 3.8) is 0 Å². The van der Waals surface area contributed by atoms with E-state index in [2.05, 4.69) is 10.3 Å². The van der Waals surface area contributed by atoms with Gasteiger partial charge < -0.3 is 4.74 Å². The minimum atomic E-state index is -0.168. The molecule has 1 heterocycles. The second-order valence-electron chi connectivity index (χ2n) is 4.91. The number of nitrogens with two attached hydrogens (primary N) is 1. The molecule has 0 aromatic heterocycles. The maximum Gasteiger partial charge on any atom is 0.251 e. The Morgan fingerprint density at radius 1 is 1.38 bits per heavy atom. The van der Waals surface area contributed by atoms with Crippen LogP contribution in [-0.2, 0) is 9.53 Å². The summed E-state index contributed by atoms with van der Waals surface area (Å²) in [6.45, 7) is 9.68. The van der Waals surface area contributed by atoms with Crippen molar-refractivity contribution in [3.05, 3.63) is 0 Å². The second-order valence-corrected chi connectivity index (χ2v) is 4.91. The first kappa shape index (κ1) is 13.4. The molecule has 1 aliphatic heterocycles. The van der Waals surface area contributed by atoms with Gasteiger partial charge in [0.15, 0.2) is 0 Å². The van der Waals surface area contributed by atoms with Crippen LogP contribution in [0.4, 0.5) is 0 Å². The standard InChI is InChI=1S/C11H23N3O2/c1-7(2)10(11(15)13-12)14-5-8(3)16-9(4)6-14/h7-10H,5-6,12H2,1-4H3,(H,13,15)/t8-,9-,10+/m1/s1. The Balaban J connectivity index is 2.74. The summed E-state index contributed by atoms with van der Waals surface area (Å²) in [4.78, 5) is 13.9. The molecule has 0 radical (unpaired) electrons. The highest BCUT2D eigenvalue weighted by Gasteiger charge is 2.33. The van der Waals surface area contributed by atoms with E-state index in [0.29, 0.717) is 0 Å². The Hall–Kier alpha value is -0.650. The van der Waals surface area contributed by atoms with Crippen molar-refractivity contribution in [2.75, 3.05) is 13.1 Å². The molecule has 0 saturated carbocycles. The van der Waals surface area contributed by atoms with Crippen LogP contribution in [0.25, 0.3) is 0 Å². The molecule has 1 rings (SSSR count). The van der Waals surface area contributed by atoms with Crippen LogP contribution in [0.1, 0.15) is 27.7 Å². The third-order valence-electron chi connectivity index (χ3n) is 2.88. The fraction of sp³-hybridized carbons (Fsp3) is 0.909. The van der Waals surface area contributed by atoms with Gasteiger partial charge in [-0.25, -0.2) is 5.84 Å². The molecule has 0 unspecified atom stereocenters. The highest BCUT2D eigenvalue weighted by atomic mass is 16.5. The van der Waals surface area contributed by atoms with Crippen molar-refractivity contribution in [2.45, 2.75) is 45.9 Å². The Bertz CT molecular complexity index is 235. The molecule has 16 heavy (non-hydrogen) atoms. The molecule has 3 atom stereocenters. The zero-order chi connectivity index (χ0) is 12.3. The summed E-state index contributed by atoms with van der Waals surface area (Å²) in [6.07, 6.45) is 0.325. The number of morpholine rings is 1. The molecule has 0 aromatic rings. The summed E-state index contributed by atoms with van der Waals surface area (Å²) in [6, 6.07) is -0.168. The SMILES string of the molecule is CC(C)[C@@H](C(=O)NN)N1C[C@@H](C)O[C@H](C)C1. The van der Waals surface area contributed by atoms with E-state index in [1.54, 1.807) is 0 Å². The number of hydrazine groups is 1. The van der Waals surface area contributed by atoms with Crippen LogP contribution in [0.5, 0.6) is 0 Å². The van der Waals surface area contributed by atoms with Gasteiger partial charge in [0.05, 0.1) is 18.2 Å². The number of hydrogen-bond acceptors (Lipinski definition) is 4. The summed E-state index contributed by atoms with van der Waals surface area (Å²) in [5.74, 6) is 5.35. The van der Waals surface area contributed by atoms with Crippen LogP contribution in [-0.4, -0.2) is 42.1 Å². The van der Waals surface area contributed by atoms with Crippen molar-refractivity contribution in [1.29, 1.82) is 0 Å². The summed E-state index contributed by atoms with van der Waals surface area (Å²) < 4.78 is 5.66. The van der Waals surface area contributed by atoms with E-state index in [1.807, 2.05) is 27.7 Å². The average Bonchev–Trinajstić information content (AvgIpc) is 2.15. The Labute approximate surface area is 97.3 Å². The average molecular weight is 229 g/mol. The van der Waals surface area contributed by atoms with E-state index >= 15 is 0 Å². The van der Waals surface area contributed by atoms with Gasteiger partial charge in [-0.3, -0.25) is 15.1 Å². The quantitative estimate of drug-likeness (QED) is 0.409. The van der Waals surface area contributed by atoms with E-state index in [-0.39, 0.29) is 30.1 Å². The minimum absolute atomic E-state index is 0.115. The van der Waals surface area contributed by atoms with E-state index in [4.69, 9.17) is 10.6 Å². The number of carbonyl (C=O) groups excluding carboxylic acids is 1.